The summed E-state index contributed by atoms with van der Waals surface area (Å²) in [4.78, 5) is 0. The highest BCUT2D eigenvalue weighted by atomic mass is 35.5. The molecule has 1 aromatic carbocycles. The Morgan fingerprint density at radius 2 is 2.08 bits per heavy atom. The number of rotatable bonds is 3. The third-order valence-corrected chi connectivity index (χ3v) is 1.49. The molecule has 0 unspecified atom stereocenters. The maximum Gasteiger partial charge on any atom is 0.123 e. The van der Waals surface area contributed by atoms with Crippen molar-refractivity contribution in [2.24, 2.45) is 5.84 Å². The zero-order valence-electron chi connectivity index (χ0n) is 6.91. The normalized spacial score (nSPS) is 8.83. The molecule has 1 rings (SSSR count). The van der Waals surface area contributed by atoms with Gasteiger partial charge in [-0.05, 0) is 6.07 Å². The molecule has 0 radical (unpaired) electrons. The average Bonchev–Trinajstić information content (AvgIpc) is 2.06. The van der Waals surface area contributed by atoms with E-state index in [0.717, 1.165) is 11.3 Å². The van der Waals surface area contributed by atoms with Crippen molar-refractivity contribution in [1.82, 2.24) is 5.43 Å². The van der Waals surface area contributed by atoms with E-state index in [-0.39, 0.29) is 12.4 Å². The monoisotopic (exact) mass is 188 g/mol. The quantitative estimate of drug-likeness (QED) is 0.551. The van der Waals surface area contributed by atoms with E-state index in [1.165, 1.54) is 0 Å². The SMILES string of the molecule is COc1ccccc1CNN.Cl. The van der Waals surface area contributed by atoms with Gasteiger partial charge in [-0.1, -0.05) is 18.2 Å². The Morgan fingerprint density at radius 3 is 2.67 bits per heavy atom. The number of methoxy groups -OCH3 is 1. The summed E-state index contributed by atoms with van der Waals surface area (Å²) in [5.41, 5.74) is 3.65. The third-order valence-electron chi connectivity index (χ3n) is 1.49. The Balaban J connectivity index is 0.00000121. The molecule has 3 nitrogen and oxygen atoms in total. The van der Waals surface area contributed by atoms with Gasteiger partial charge in [-0.2, -0.15) is 0 Å². The van der Waals surface area contributed by atoms with Crippen LogP contribution < -0.4 is 16.0 Å². The lowest BCUT2D eigenvalue weighted by Gasteiger charge is -2.05. The first-order valence-corrected chi connectivity index (χ1v) is 3.44. The minimum atomic E-state index is 0. The maximum absolute atomic E-state index is 5.18. The van der Waals surface area contributed by atoms with Crippen LogP contribution in [0.15, 0.2) is 24.3 Å². The molecule has 0 saturated carbocycles. The molecule has 0 bridgehead atoms. The van der Waals surface area contributed by atoms with Crippen molar-refractivity contribution in [3.8, 4) is 5.75 Å². The van der Waals surface area contributed by atoms with Gasteiger partial charge >= 0.3 is 0 Å². The summed E-state index contributed by atoms with van der Waals surface area (Å²) in [6.45, 7) is 0.629. The van der Waals surface area contributed by atoms with E-state index >= 15 is 0 Å². The van der Waals surface area contributed by atoms with Crippen molar-refractivity contribution in [1.29, 1.82) is 0 Å². The lowest BCUT2D eigenvalue weighted by Crippen LogP contribution is -2.21. The lowest BCUT2D eigenvalue weighted by molar-refractivity contribution is 0.408. The van der Waals surface area contributed by atoms with Crippen molar-refractivity contribution in [2.75, 3.05) is 7.11 Å². The minimum absolute atomic E-state index is 0. The van der Waals surface area contributed by atoms with Crippen LogP contribution in [0.4, 0.5) is 0 Å². The number of nitrogens with one attached hydrogen (secondary N) is 1. The predicted molar refractivity (Wildman–Crippen MR) is 51.3 cm³/mol. The van der Waals surface area contributed by atoms with Crippen molar-refractivity contribution in [3.63, 3.8) is 0 Å². The molecular formula is C8H13ClN2O. The molecule has 0 aliphatic heterocycles. The highest BCUT2D eigenvalue weighted by Gasteiger charge is 1.97. The number of hydrogen-bond donors (Lipinski definition) is 2. The van der Waals surface area contributed by atoms with Crippen LogP contribution in [0.25, 0.3) is 0 Å². The number of nitrogens with two attached hydrogens (primary N) is 1. The zero-order valence-corrected chi connectivity index (χ0v) is 7.73. The zero-order chi connectivity index (χ0) is 8.10. The van der Waals surface area contributed by atoms with Gasteiger partial charge in [-0.25, -0.2) is 0 Å². The molecule has 0 spiro atoms. The highest BCUT2D eigenvalue weighted by molar-refractivity contribution is 5.85. The van der Waals surface area contributed by atoms with Crippen LogP contribution in [0.1, 0.15) is 5.56 Å². The molecule has 0 aliphatic carbocycles. The van der Waals surface area contributed by atoms with Gasteiger partial charge < -0.3 is 4.74 Å². The molecule has 0 fully saturated rings. The van der Waals surface area contributed by atoms with E-state index in [2.05, 4.69) is 5.43 Å². The first-order valence-electron chi connectivity index (χ1n) is 3.44. The van der Waals surface area contributed by atoms with E-state index in [0.29, 0.717) is 6.54 Å². The molecule has 68 valence electrons. The van der Waals surface area contributed by atoms with E-state index < -0.39 is 0 Å². The van der Waals surface area contributed by atoms with Gasteiger partial charge in [0.05, 0.1) is 7.11 Å². The predicted octanol–water partition coefficient (Wildman–Crippen LogP) is 1.08. The largest absolute Gasteiger partial charge is 0.496 e. The van der Waals surface area contributed by atoms with Crippen LogP contribution in [0, 0.1) is 0 Å². The second kappa shape index (κ2) is 5.83. The summed E-state index contributed by atoms with van der Waals surface area (Å²) >= 11 is 0. The van der Waals surface area contributed by atoms with E-state index in [4.69, 9.17) is 10.6 Å². The van der Waals surface area contributed by atoms with Gasteiger partial charge in [0.1, 0.15) is 5.75 Å². The van der Waals surface area contributed by atoms with Gasteiger partial charge in [0.2, 0.25) is 0 Å². The number of hydrogen-bond acceptors (Lipinski definition) is 3. The Hall–Kier alpha value is -0.770. The molecular weight excluding hydrogens is 176 g/mol. The van der Waals surface area contributed by atoms with E-state index in [1.807, 2.05) is 24.3 Å². The average molecular weight is 189 g/mol. The summed E-state index contributed by atoms with van der Waals surface area (Å²) in [6, 6.07) is 7.76. The Bertz CT molecular complexity index is 230. The highest BCUT2D eigenvalue weighted by Crippen LogP contribution is 2.15. The van der Waals surface area contributed by atoms with Gasteiger partial charge in [0.25, 0.3) is 0 Å². The molecule has 4 heteroatoms. The number of halogens is 1. The Morgan fingerprint density at radius 1 is 1.42 bits per heavy atom. The topological polar surface area (TPSA) is 47.3 Å². The van der Waals surface area contributed by atoms with Crippen LogP contribution in [-0.2, 0) is 6.54 Å². The van der Waals surface area contributed by atoms with Crippen LogP contribution in [0.3, 0.4) is 0 Å². The number of benzene rings is 1. The first-order chi connectivity index (χ1) is 5.38. The van der Waals surface area contributed by atoms with Crippen molar-refractivity contribution in [3.05, 3.63) is 29.8 Å². The number of hydrazine groups is 1. The summed E-state index contributed by atoms with van der Waals surface area (Å²) < 4.78 is 5.10. The summed E-state index contributed by atoms with van der Waals surface area (Å²) in [5.74, 6) is 6.04. The number of ether oxygens (including phenoxy) is 1. The molecule has 3 N–H and O–H groups in total. The van der Waals surface area contributed by atoms with Crippen LogP contribution in [-0.4, -0.2) is 7.11 Å². The van der Waals surface area contributed by atoms with Gasteiger partial charge in [0.15, 0.2) is 0 Å². The molecule has 0 heterocycles. The second-order valence-electron chi connectivity index (χ2n) is 2.19. The summed E-state index contributed by atoms with van der Waals surface area (Å²) in [7, 11) is 1.65. The van der Waals surface area contributed by atoms with Crippen LogP contribution in [0.2, 0.25) is 0 Å². The van der Waals surface area contributed by atoms with Gasteiger partial charge in [-0.3, -0.25) is 11.3 Å². The number of para-hydroxylation sites is 1. The fourth-order valence-electron chi connectivity index (χ4n) is 0.959. The molecule has 12 heavy (non-hydrogen) atoms. The molecule has 1 aromatic rings. The third kappa shape index (κ3) is 2.70. The Labute approximate surface area is 78.3 Å². The smallest absolute Gasteiger partial charge is 0.123 e. The molecule has 0 amide bonds. The lowest BCUT2D eigenvalue weighted by atomic mass is 10.2. The maximum atomic E-state index is 5.18. The van der Waals surface area contributed by atoms with Crippen molar-refractivity contribution in [2.45, 2.75) is 6.54 Å². The van der Waals surface area contributed by atoms with Crippen molar-refractivity contribution >= 4 is 12.4 Å². The van der Waals surface area contributed by atoms with Crippen LogP contribution >= 0.6 is 12.4 Å². The van der Waals surface area contributed by atoms with E-state index in [9.17, 15) is 0 Å². The van der Waals surface area contributed by atoms with Crippen LogP contribution in [0.5, 0.6) is 5.75 Å². The van der Waals surface area contributed by atoms with Gasteiger partial charge in [0, 0.05) is 12.1 Å². The fraction of sp³-hybridized carbons (Fsp3) is 0.250. The molecule has 0 aromatic heterocycles. The fourth-order valence-corrected chi connectivity index (χ4v) is 0.959. The molecule has 0 aliphatic rings. The molecule has 0 atom stereocenters. The molecule has 0 saturated heterocycles. The summed E-state index contributed by atoms with van der Waals surface area (Å²) in [6.07, 6.45) is 0. The van der Waals surface area contributed by atoms with Gasteiger partial charge in [-0.15, -0.1) is 12.4 Å². The Kier molecular flexibility index (Phi) is 5.45. The standard InChI is InChI=1S/C8H12N2O.ClH/c1-11-8-5-3-2-4-7(8)6-10-9;/h2-5,10H,6,9H2,1H3;1H. The van der Waals surface area contributed by atoms with E-state index in [1.54, 1.807) is 7.11 Å². The van der Waals surface area contributed by atoms with Crippen molar-refractivity contribution < 1.29 is 4.74 Å². The second-order valence-corrected chi connectivity index (χ2v) is 2.19. The minimum Gasteiger partial charge on any atom is -0.496 e. The first kappa shape index (κ1) is 11.2. The summed E-state index contributed by atoms with van der Waals surface area (Å²) in [5, 5.41) is 0.